The van der Waals surface area contributed by atoms with E-state index in [0.717, 1.165) is 24.2 Å². The number of thiazole rings is 1. The number of nitrogens with one attached hydrogen (secondary N) is 1. The number of rotatable bonds is 11. The van der Waals surface area contributed by atoms with Gasteiger partial charge >= 0.3 is 5.97 Å². The summed E-state index contributed by atoms with van der Waals surface area (Å²) in [6.07, 6.45) is 3.36. The summed E-state index contributed by atoms with van der Waals surface area (Å²) in [5, 5.41) is 13.9. The Bertz CT molecular complexity index is 1300. The molecule has 0 aliphatic carbocycles. The summed E-state index contributed by atoms with van der Waals surface area (Å²) in [4.78, 5) is 28.2. The molecular formula is C27H27Cl2FN2O4S. The number of nitrogens with zero attached hydrogens (tertiary/aromatic N) is 1. The summed E-state index contributed by atoms with van der Waals surface area (Å²) in [7, 11) is 0. The lowest BCUT2D eigenvalue weighted by atomic mass is 10.1. The molecular weight excluding hydrogens is 538 g/mol. The van der Waals surface area contributed by atoms with Crippen molar-refractivity contribution >= 4 is 57.6 Å². The molecule has 1 amide bonds. The first-order chi connectivity index (χ1) is 17.6. The molecule has 0 fully saturated rings. The Labute approximate surface area is 229 Å². The van der Waals surface area contributed by atoms with Crippen LogP contribution < -0.4 is 5.32 Å². The van der Waals surface area contributed by atoms with Gasteiger partial charge in [-0.2, -0.15) is 0 Å². The molecule has 3 rings (SSSR count). The molecule has 6 nitrogen and oxygen atoms in total. The van der Waals surface area contributed by atoms with Gasteiger partial charge in [-0.05, 0) is 37.1 Å². The fourth-order valence-corrected chi connectivity index (χ4v) is 4.81. The van der Waals surface area contributed by atoms with Crippen molar-refractivity contribution in [2.75, 3.05) is 11.9 Å². The van der Waals surface area contributed by atoms with Crippen molar-refractivity contribution < 1.29 is 23.8 Å². The zero-order valence-corrected chi connectivity index (χ0v) is 22.9. The number of aromatic nitrogens is 1. The van der Waals surface area contributed by atoms with Gasteiger partial charge in [-0.25, -0.2) is 14.2 Å². The number of hydrogen-bond donors (Lipinski definition) is 2. The first kappa shape index (κ1) is 28.8. The van der Waals surface area contributed by atoms with Gasteiger partial charge in [-0.3, -0.25) is 10.1 Å². The summed E-state index contributed by atoms with van der Waals surface area (Å²) in [5.41, 5.74) is 1.66. The summed E-state index contributed by atoms with van der Waals surface area (Å²) in [5.74, 6) is -1.58. The molecule has 0 saturated carbocycles. The molecule has 196 valence electrons. The van der Waals surface area contributed by atoms with Crippen LogP contribution in [0.2, 0.25) is 10.0 Å². The van der Waals surface area contributed by atoms with Crippen LogP contribution in [0.4, 0.5) is 9.52 Å². The van der Waals surface area contributed by atoms with E-state index in [1.807, 2.05) is 0 Å². The van der Waals surface area contributed by atoms with E-state index >= 15 is 4.39 Å². The lowest BCUT2D eigenvalue weighted by Crippen LogP contribution is -2.12. The number of carbonyl (C=O) groups excluding carboxylic acids is 1. The molecule has 3 aromatic rings. The fraction of sp³-hybridized carbons (Fsp3) is 0.296. The SMILES string of the molecule is CCC(CC)COCc1cccc(-c2csc(NC(=O)c3cc(Cl)c(/C=C(\C)C(=O)O)c(Cl)c3)n2)c1F. The molecule has 0 aliphatic heterocycles. The van der Waals surface area contributed by atoms with E-state index in [1.54, 1.807) is 23.6 Å². The minimum atomic E-state index is -1.11. The number of carboxylic acid groups (broad SMARTS) is 1. The Kier molecular flexibility index (Phi) is 10.2. The maximum absolute atomic E-state index is 15.2. The van der Waals surface area contributed by atoms with E-state index in [1.165, 1.54) is 25.1 Å². The average molecular weight is 565 g/mol. The molecule has 0 saturated heterocycles. The molecule has 2 N–H and O–H groups in total. The van der Waals surface area contributed by atoms with Crippen LogP contribution in [0.1, 0.15) is 55.1 Å². The monoisotopic (exact) mass is 564 g/mol. The fourth-order valence-electron chi connectivity index (χ4n) is 3.50. The molecule has 10 heteroatoms. The number of halogens is 3. The van der Waals surface area contributed by atoms with Crippen molar-refractivity contribution in [1.82, 2.24) is 4.98 Å². The van der Waals surface area contributed by atoms with Crippen LogP contribution in [-0.4, -0.2) is 28.6 Å². The van der Waals surface area contributed by atoms with Gasteiger partial charge in [-0.15, -0.1) is 11.3 Å². The van der Waals surface area contributed by atoms with E-state index in [0.29, 0.717) is 34.9 Å². The summed E-state index contributed by atoms with van der Waals surface area (Å²) < 4.78 is 20.9. The summed E-state index contributed by atoms with van der Waals surface area (Å²) in [6.45, 7) is 6.37. The molecule has 0 spiro atoms. The second-order valence-electron chi connectivity index (χ2n) is 8.45. The normalized spacial score (nSPS) is 11.7. The van der Waals surface area contributed by atoms with Crippen molar-refractivity contribution in [3.05, 3.63) is 73.8 Å². The molecule has 1 aromatic heterocycles. The number of amides is 1. The molecule has 0 aliphatic rings. The Hall–Kier alpha value is -2.78. The number of carboxylic acids is 1. The van der Waals surface area contributed by atoms with E-state index in [2.05, 4.69) is 24.1 Å². The first-order valence-electron chi connectivity index (χ1n) is 11.7. The van der Waals surface area contributed by atoms with Gasteiger partial charge in [0.15, 0.2) is 5.13 Å². The van der Waals surface area contributed by atoms with Gasteiger partial charge in [0, 0.05) is 39.8 Å². The lowest BCUT2D eigenvalue weighted by Gasteiger charge is -2.13. The highest BCUT2D eigenvalue weighted by molar-refractivity contribution is 7.14. The topological polar surface area (TPSA) is 88.5 Å². The number of benzene rings is 2. The molecule has 0 unspecified atom stereocenters. The third-order valence-corrected chi connectivity index (χ3v) is 7.27. The molecule has 2 aromatic carbocycles. The largest absolute Gasteiger partial charge is 0.478 e. The smallest absolute Gasteiger partial charge is 0.331 e. The highest BCUT2D eigenvalue weighted by atomic mass is 35.5. The number of anilines is 1. The maximum Gasteiger partial charge on any atom is 0.331 e. The van der Waals surface area contributed by atoms with Crippen LogP contribution >= 0.6 is 34.5 Å². The Balaban J connectivity index is 1.74. The van der Waals surface area contributed by atoms with Crippen LogP contribution in [0.3, 0.4) is 0 Å². The highest BCUT2D eigenvalue weighted by Crippen LogP contribution is 2.31. The first-order valence-corrected chi connectivity index (χ1v) is 13.3. The van der Waals surface area contributed by atoms with Crippen molar-refractivity contribution in [3.63, 3.8) is 0 Å². The number of hydrogen-bond acceptors (Lipinski definition) is 5. The number of carbonyl (C=O) groups is 2. The zero-order chi connectivity index (χ0) is 27.1. The number of aliphatic carboxylic acids is 1. The lowest BCUT2D eigenvalue weighted by molar-refractivity contribution is -0.132. The van der Waals surface area contributed by atoms with Gasteiger partial charge in [0.2, 0.25) is 0 Å². The Morgan fingerprint density at radius 1 is 1.22 bits per heavy atom. The minimum Gasteiger partial charge on any atom is -0.478 e. The quantitative estimate of drug-likeness (QED) is 0.230. The van der Waals surface area contributed by atoms with Crippen molar-refractivity contribution in [1.29, 1.82) is 0 Å². The molecule has 0 radical (unpaired) electrons. The standard InChI is InChI=1S/C27H27Cl2FN2O4S/c1-4-16(5-2)12-36-13-17-7-6-8-19(24(17)30)23-14-37-27(31-23)32-25(33)18-10-21(28)20(22(29)11-18)9-15(3)26(34)35/h6-11,14,16H,4-5,12-13H2,1-3H3,(H,34,35)(H,31,32,33)/b15-9+. The third kappa shape index (κ3) is 7.38. The second-order valence-corrected chi connectivity index (χ2v) is 10.1. The average Bonchev–Trinajstić information content (AvgIpc) is 3.32. The van der Waals surface area contributed by atoms with Gasteiger partial charge in [0.05, 0.1) is 22.3 Å². The minimum absolute atomic E-state index is 0.0466. The molecule has 0 atom stereocenters. The summed E-state index contributed by atoms with van der Waals surface area (Å²) >= 11 is 13.7. The van der Waals surface area contributed by atoms with Gasteiger partial charge in [0.25, 0.3) is 5.91 Å². The van der Waals surface area contributed by atoms with Crippen LogP contribution in [0.5, 0.6) is 0 Å². The van der Waals surface area contributed by atoms with Crippen LogP contribution in [0.15, 0.2) is 41.3 Å². The second kappa shape index (κ2) is 13.1. The molecule has 37 heavy (non-hydrogen) atoms. The number of ether oxygens (including phenoxy) is 1. The predicted octanol–water partition coefficient (Wildman–Crippen LogP) is 7.95. The van der Waals surface area contributed by atoms with Crippen LogP contribution in [0, 0.1) is 11.7 Å². The third-order valence-electron chi connectivity index (χ3n) is 5.88. The Morgan fingerprint density at radius 3 is 2.51 bits per heavy atom. The maximum atomic E-state index is 15.2. The summed E-state index contributed by atoms with van der Waals surface area (Å²) in [6, 6.07) is 7.85. The molecule has 0 bridgehead atoms. The van der Waals surface area contributed by atoms with Crippen LogP contribution in [0.25, 0.3) is 17.3 Å². The van der Waals surface area contributed by atoms with E-state index in [-0.39, 0.29) is 32.9 Å². The van der Waals surface area contributed by atoms with Gasteiger partial charge < -0.3 is 9.84 Å². The van der Waals surface area contributed by atoms with Crippen molar-refractivity contribution in [2.45, 2.75) is 40.2 Å². The van der Waals surface area contributed by atoms with E-state index < -0.39 is 17.7 Å². The molecule has 1 heterocycles. The van der Waals surface area contributed by atoms with Crippen LogP contribution in [-0.2, 0) is 16.1 Å². The zero-order valence-electron chi connectivity index (χ0n) is 20.6. The van der Waals surface area contributed by atoms with Gasteiger partial charge in [-0.1, -0.05) is 62.0 Å². The highest BCUT2D eigenvalue weighted by Gasteiger charge is 2.17. The van der Waals surface area contributed by atoms with Crippen molar-refractivity contribution in [2.24, 2.45) is 5.92 Å². The Morgan fingerprint density at radius 2 is 1.89 bits per heavy atom. The predicted molar refractivity (Wildman–Crippen MR) is 147 cm³/mol. The van der Waals surface area contributed by atoms with E-state index in [9.17, 15) is 9.59 Å². The van der Waals surface area contributed by atoms with E-state index in [4.69, 9.17) is 33.0 Å². The van der Waals surface area contributed by atoms with Gasteiger partial charge in [0.1, 0.15) is 5.82 Å². The van der Waals surface area contributed by atoms with Crippen molar-refractivity contribution in [3.8, 4) is 11.3 Å².